The number of benzene rings is 1. The predicted octanol–water partition coefficient (Wildman–Crippen LogP) is 5.06. The lowest BCUT2D eigenvalue weighted by molar-refractivity contribution is -0.133. The summed E-state index contributed by atoms with van der Waals surface area (Å²) in [5, 5.41) is 4.59. The molecule has 3 aliphatic rings. The van der Waals surface area contributed by atoms with Gasteiger partial charge in [0.2, 0.25) is 5.91 Å². The summed E-state index contributed by atoms with van der Waals surface area (Å²) in [5.41, 5.74) is 1.20. The highest BCUT2D eigenvalue weighted by molar-refractivity contribution is 6.34. The number of hydrogen-bond acceptors (Lipinski definition) is 2. The monoisotopic (exact) mass is 451 g/mol. The Balaban J connectivity index is 1.22. The van der Waals surface area contributed by atoms with Gasteiger partial charge in [-0.3, -0.25) is 4.79 Å². The molecule has 30 heavy (non-hydrogen) atoms. The van der Waals surface area contributed by atoms with Crippen LogP contribution in [0.1, 0.15) is 62.8 Å². The minimum absolute atomic E-state index is 0.0104. The first-order valence-corrected chi connectivity index (χ1v) is 11.9. The molecule has 164 valence electrons. The summed E-state index contributed by atoms with van der Waals surface area (Å²) >= 11 is 12.3. The number of likely N-dealkylation sites (tertiary alicyclic amines) is 1. The quantitative estimate of drug-likeness (QED) is 0.694. The molecule has 1 aliphatic heterocycles. The highest BCUT2D eigenvalue weighted by atomic mass is 35.5. The molecule has 7 heteroatoms. The molecule has 0 atom stereocenters. The average Bonchev–Trinajstić information content (AvgIpc) is 3.58. The van der Waals surface area contributed by atoms with Crippen molar-refractivity contribution in [3.63, 3.8) is 0 Å². The first-order chi connectivity index (χ1) is 14.4. The van der Waals surface area contributed by atoms with Gasteiger partial charge in [-0.2, -0.15) is 0 Å². The summed E-state index contributed by atoms with van der Waals surface area (Å²) in [5.74, 6) is 1.04. The second-order valence-electron chi connectivity index (χ2n) is 9.14. The second kappa shape index (κ2) is 9.35. The van der Waals surface area contributed by atoms with Crippen molar-refractivity contribution in [2.75, 3.05) is 20.1 Å². The number of nitrogens with zero attached hydrogens (tertiary/aromatic N) is 2. The number of rotatable bonds is 4. The van der Waals surface area contributed by atoms with Gasteiger partial charge in [-0.05, 0) is 81.0 Å². The Morgan fingerprint density at radius 1 is 0.933 bits per heavy atom. The lowest BCUT2D eigenvalue weighted by Crippen LogP contribution is -2.52. The van der Waals surface area contributed by atoms with Gasteiger partial charge in [0.15, 0.2) is 0 Å². The summed E-state index contributed by atoms with van der Waals surface area (Å²) in [6.07, 6.45) is 7.79. The molecule has 2 saturated carbocycles. The fourth-order valence-electron chi connectivity index (χ4n) is 4.89. The lowest BCUT2D eigenvalue weighted by Gasteiger charge is -2.38. The largest absolute Gasteiger partial charge is 0.342 e. The van der Waals surface area contributed by atoms with Gasteiger partial charge in [0.25, 0.3) is 0 Å². The zero-order valence-electron chi connectivity index (χ0n) is 17.6. The highest BCUT2D eigenvalue weighted by Crippen LogP contribution is 2.36. The summed E-state index contributed by atoms with van der Waals surface area (Å²) in [7, 11) is 1.89. The van der Waals surface area contributed by atoms with Crippen molar-refractivity contribution in [1.82, 2.24) is 15.1 Å². The van der Waals surface area contributed by atoms with Gasteiger partial charge in [0.05, 0.1) is 0 Å². The molecule has 1 heterocycles. The third-order valence-electron chi connectivity index (χ3n) is 6.98. The Hall–Kier alpha value is -1.46. The molecular weight excluding hydrogens is 421 g/mol. The van der Waals surface area contributed by atoms with Gasteiger partial charge >= 0.3 is 6.03 Å². The molecule has 0 unspecified atom stereocenters. The third-order valence-corrected chi connectivity index (χ3v) is 7.42. The summed E-state index contributed by atoms with van der Waals surface area (Å²) < 4.78 is 0. The first kappa shape index (κ1) is 21.8. The number of hydrogen-bond donors (Lipinski definition) is 1. The molecule has 2 aliphatic carbocycles. The number of urea groups is 1. The van der Waals surface area contributed by atoms with Crippen LogP contribution in [0.3, 0.4) is 0 Å². The molecule has 1 aromatic rings. The Kier molecular flexibility index (Phi) is 6.78. The SMILES string of the molecule is CN(C(=O)NC1CCC(c2cc(Cl)cc(Cl)c2)CC1)C1CCN(C(=O)C2CC2)CC1. The molecule has 3 amide bonds. The molecule has 5 nitrogen and oxygen atoms in total. The topological polar surface area (TPSA) is 52.7 Å². The maximum Gasteiger partial charge on any atom is 0.317 e. The van der Waals surface area contributed by atoms with Crippen LogP contribution in [0.4, 0.5) is 4.79 Å². The zero-order chi connectivity index (χ0) is 21.3. The van der Waals surface area contributed by atoms with Crippen LogP contribution in [-0.2, 0) is 4.79 Å². The van der Waals surface area contributed by atoms with E-state index in [4.69, 9.17) is 23.2 Å². The van der Waals surface area contributed by atoms with Crippen LogP contribution in [0.5, 0.6) is 0 Å². The van der Waals surface area contributed by atoms with Crippen LogP contribution >= 0.6 is 23.2 Å². The molecule has 0 radical (unpaired) electrons. The van der Waals surface area contributed by atoms with E-state index in [-0.39, 0.29) is 24.0 Å². The molecule has 1 saturated heterocycles. The van der Waals surface area contributed by atoms with Crippen molar-refractivity contribution in [1.29, 1.82) is 0 Å². The van der Waals surface area contributed by atoms with E-state index >= 15 is 0 Å². The number of halogens is 2. The van der Waals surface area contributed by atoms with E-state index in [0.29, 0.717) is 21.9 Å². The molecule has 0 spiro atoms. The van der Waals surface area contributed by atoms with E-state index in [2.05, 4.69) is 5.32 Å². The summed E-state index contributed by atoms with van der Waals surface area (Å²) in [6.45, 7) is 1.54. The zero-order valence-corrected chi connectivity index (χ0v) is 19.1. The molecule has 1 N–H and O–H groups in total. The van der Waals surface area contributed by atoms with E-state index in [9.17, 15) is 9.59 Å². The minimum atomic E-state index is 0.0104. The molecule has 0 bridgehead atoms. The second-order valence-corrected chi connectivity index (χ2v) is 10.0. The molecular formula is C23H31Cl2N3O2. The van der Waals surface area contributed by atoms with E-state index in [1.54, 1.807) is 6.07 Å². The maximum absolute atomic E-state index is 12.8. The van der Waals surface area contributed by atoms with Gasteiger partial charge in [-0.25, -0.2) is 4.79 Å². The van der Waals surface area contributed by atoms with Crippen LogP contribution in [0.25, 0.3) is 0 Å². The van der Waals surface area contributed by atoms with Crippen LogP contribution in [0.2, 0.25) is 10.0 Å². The Labute approximate surface area is 189 Å². The molecule has 3 fully saturated rings. The number of amides is 3. The van der Waals surface area contributed by atoms with Crippen LogP contribution < -0.4 is 5.32 Å². The number of nitrogens with one attached hydrogen (secondary N) is 1. The third kappa shape index (κ3) is 5.23. The fraction of sp³-hybridized carbons (Fsp3) is 0.652. The fourth-order valence-corrected chi connectivity index (χ4v) is 5.43. The normalized spacial score (nSPS) is 25.1. The Morgan fingerprint density at radius 3 is 2.10 bits per heavy atom. The van der Waals surface area contributed by atoms with Crippen molar-refractivity contribution in [3.05, 3.63) is 33.8 Å². The molecule has 4 rings (SSSR count). The number of carbonyl (C=O) groups is 2. The molecule has 1 aromatic carbocycles. The number of carbonyl (C=O) groups excluding carboxylic acids is 2. The van der Waals surface area contributed by atoms with Crippen LogP contribution in [0, 0.1) is 5.92 Å². The van der Waals surface area contributed by atoms with Crippen molar-refractivity contribution in [2.45, 2.75) is 69.4 Å². The Morgan fingerprint density at radius 2 is 1.53 bits per heavy atom. The van der Waals surface area contributed by atoms with Gasteiger partial charge < -0.3 is 15.1 Å². The number of piperidine rings is 1. The van der Waals surface area contributed by atoms with E-state index in [1.807, 2.05) is 29.0 Å². The van der Waals surface area contributed by atoms with Crippen molar-refractivity contribution < 1.29 is 9.59 Å². The smallest absolute Gasteiger partial charge is 0.317 e. The van der Waals surface area contributed by atoms with Gasteiger partial charge in [-0.15, -0.1) is 0 Å². The summed E-state index contributed by atoms with van der Waals surface area (Å²) in [4.78, 5) is 28.8. The maximum atomic E-state index is 12.8. The van der Waals surface area contributed by atoms with Crippen molar-refractivity contribution in [2.24, 2.45) is 5.92 Å². The van der Waals surface area contributed by atoms with E-state index in [1.165, 1.54) is 5.56 Å². The van der Waals surface area contributed by atoms with Crippen molar-refractivity contribution >= 4 is 35.1 Å². The van der Waals surface area contributed by atoms with Crippen LogP contribution in [-0.4, -0.2) is 54.0 Å². The van der Waals surface area contributed by atoms with Gasteiger partial charge in [-0.1, -0.05) is 23.2 Å². The molecule has 0 aromatic heterocycles. The van der Waals surface area contributed by atoms with Crippen molar-refractivity contribution in [3.8, 4) is 0 Å². The standard InChI is InChI=1S/C23H31Cl2N3O2/c1-27(21-8-10-28(11-9-21)22(29)16-2-3-16)23(30)26-20-6-4-15(5-7-20)17-12-18(24)14-19(25)13-17/h12-16,20-21H,2-11H2,1H3,(H,26,30). The highest BCUT2D eigenvalue weighted by Gasteiger charge is 2.36. The summed E-state index contributed by atoms with van der Waals surface area (Å²) in [6, 6.07) is 6.20. The van der Waals surface area contributed by atoms with E-state index in [0.717, 1.165) is 64.5 Å². The predicted molar refractivity (Wildman–Crippen MR) is 120 cm³/mol. The average molecular weight is 452 g/mol. The van der Waals surface area contributed by atoms with E-state index < -0.39 is 0 Å². The first-order valence-electron chi connectivity index (χ1n) is 11.2. The van der Waals surface area contributed by atoms with Crippen LogP contribution in [0.15, 0.2) is 18.2 Å². The Bertz CT molecular complexity index is 762. The van der Waals surface area contributed by atoms with Gasteiger partial charge in [0, 0.05) is 48.2 Å². The minimum Gasteiger partial charge on any atom is -0.342 e. The lowest BCUT2D eigenvalue weighted by atomic mass is 9.82. The van der Waals surface area contributed by atoms with Gasteiger partial charge in [0.1, 0.15) is 0 Å².